The Bertz CT molecular complexity index is 367. The molecular formula is C14H20F3NO. The zero-order valence-corrected chi connectivity index (χ0v) is 11.1. The van der Waals surface area contributed by atoms with Crippen LogP contribution in [-0.2, 0) is 6.42 Å². The van der Waals surface area contributed by atoms with Crippen LogP contribution < -0.4 is 5.32 Å². The van der Waals surface area contributed by atoms with Gasteiger partial charge in [-0.1, -0.05) is 30.3 Å². The Balaban J connectivity index is 2.42. The summed E-state index contributed by atoms with van der Waals surface area (Å²) >= 11 is 0. The van der Waals surface area contributed by atoms with Gasteiger partial charge in [-0.2, -0.15) is 13.2 Å². The van der Waals surface area contributed by atoms with Crippen molar-refractivity contribution >= 4 is 0 Å². The van der Waals surface area contributed by atoms with E-state index in [-0.39, 0.29) is 0 Å². The Hall–Kier alpha value is -1.07. The van der Waals surface area contributed by atoms with Gasteiger partial charge in [-0.05, 0) is 25.8 Å². The topological polar surface area (TPSA) is 32.3 Å². The van der Waals surface area contributed by atoms with Gasteiger partial charge < -0.3 is 10.4 Å². The zero-order valence-electron chi connectivity index (χ0n) is 11.1. The number of alkyl halides is 3. The van der Waals surface area contributed by atoms with Crippen molar-refractivity contribution in [3.8, 4) is 0 Å². The second-order valence-corrected chi connectivity index (χ2v) is 4.93. The van der Waals surface area contributed by atoms with E-state index in [0.29, 0.717) is 6.42 Å². The SMILES string of the molecule is CC(CC(F)(F)F)NC(C)C(O)Cc1ccccc1. The first-order chi connectivity index (χ1) is 8.78. The van der Waals surface area contributed by atoms with Crippen LogP contribution in [0.1, 0.15) is 25.8 Å². The Morgan fingerprint density at radius 3 is 2.26 bits per heavy atom. The van der Waals surface area contributed by atoms with Gasteiger partial charge in [-0.25, -0.2) is 0 Å². The van der Waals surface area contributed by atoms with E-state index >= 15 is 0 Å². The van der Waals surface area contributed by atoms with Crippen molar-refractivity contribution in [1.82, 2.24) is 5.32 Å². The van der Waals surface area contributed by atoms with E-state index in [1.807, 2.05) is 30.3 Å². The molecule has 0 aliphatic carbocycles. The first-order valence-corrected chi connectivity index (χ1v) is 6.32. The predicted octanol–water partition coefficient (Wildman–Crippen LogP) is 2.91. The third-order valence-corrected chi connectivity index (χ3v) is 2.95. The molecule has 1 aromatic carbocycles. The maximum Gasteiger partial charge on any atom is 0.390 e. The van der Waals surface area contributed by atoms with Gasteiger partial charge in [0.05, 0.1) is 12.5 Å². The molecule has 3 unspecified atom stereocenters. The van der Waals surface area contributed by atoms with E-state index in [2.05, 4.69) is 5.32 Å². The van der Waals surface area contributed by atoms with Crippen LogP contribution in [0.15, 0.2) is 30.3 Å². The van der Waals surface area contributed by atoms with Crippen molar-refractivity contribution < 1.29 is 18.3 Å². The fourth-order valence-corrected chi connectivity index (χ4v) is 2.00. The van der Waals surface area contributed by atoms with E-state index < -0.39 is 30.8 Å². The van der Waals surface area contributed by atoms with Crippen LogP contribution in [0.4, 0.5) is 13.2 Å². The molecular weight excluding hydrogens is 255 g/mol. The lowest BCUT2D eigenvalue weighted by Gasteiger charge is -2.25. The standard InChI is InChI=1S/C14H20F3NO/c1-10(9-14(15,16)17)18-11(2)13(19)8-12-6-4-3-5-7-12/h3-7,10-11,13,18-19H,8-9H2,1-2H3. The largest absolute Gasteiger partial charge is 0.391 e. The smallest absolute Gasteiger partial charge is 0.390 e. The number of aliphatic hydroxyl groups excluding tert-OH is 1. The second kappa shape index (κ2) is 6.91. The minimum Gasteiger partial charge on any atom is -0.391 e. The minimum absolute atomic E-state index is 0.391. The number of aliphatic hydroxyl groups is 1. The molecule has 0 saturated heterocycles. The monoisotopic (exact) mass is 275 g/mol. The van der Waals surface area contributed by atoms with E-state index in [1.165, 1.54) is 6.92 Å². The van der Waals surface area contributed by atoms with Gasteiger partial charge in [0.15, 0.2) is 0 Å². The highest BCUT2D eigenvalue weighted by Crippen LogP contribution is 2.21. The Labute approximate surface area is 111 Å². The van der Waals surface area contributed by atoms with Gasteiger partial charge in [0, 0.05) is 12.1 Å². The number of hydrogen-bond acceptors (Lipinski definition) is 2. The Morgan fingerprint density at radius 1 is 1.16 bits per heavy atom. The highest BCUT2D eigenvalue weighted by atomic mass is 19.4. The lowest BCUT2D eigenvalue weighted by molar-refractivity contribution is -0.139. The van der Waals surface area contributed by atoms with Gasteiger partial charge >= 0.3 is 6.18 Å². The van der Waals surface area contributed by atoms with Crippen LogP contribution in [0.2, 0.25) is 0 Å². The number of benzene rings is 1. The molecule has 1 rings (SSSR count). The van der Waals surface area contributed by atoms with Crippen molar-refractivity contribution in [3.63, 3.8) is 0 Å². The van der Waals surface area contributed by atoms with E-state index in [4.69, 9.17) is 0 Å². The van der Waals surface area contributed by atoms with Crippen LogP contribution in [0, 0.1) is 0 Å². The van der Waals surface area contributed by atoms with Crippen molar-refractivity contribution in [2.24, 2.45) is 0 Å². The molecule has 0 heterocycles. The van der Waals surface area contributed by atoms with Crippen LogP contribution in [0.25, 0.3) is 0 Å². The second-order valence-electron chi connectivity index (χ2n) is 4.93. The molecule has 3 atom stereocenters. The van der Waals surface area contributed by atoms with E-state index in [9.17, 15) is 18.3 Å². The van der Waals surface area contributed by atoms with E-state index in [0.717, 1.165) is 5.56 Å². The Kier molecular flexibility index (Phi) is 5.82. The van der Waals surface area contributed by atoms with Crippen LogP contribution in [-0.4, -0.2) is 29.5 Å². The third kappa shape index (κ3) is 6.59. The highest BCUT2D eigenvalue weighted by molar-refractivity contribution is 5.15. The number of nitrogens with one attached hydrogen (secondary N) is 1. The molecule has 0 bridgehead atoms. The van der Waals surface area contributed by atoms with Gasteiger partial charge in [0.2, 0.25) is 0 Å². The summed E-state index contributed by atoms with van der Waals surface area (Å²) in [5.74, 6) is 0. The predicted molar refractivity (Wildman–Crippen MR) is 68.9 cm³/mol. The fourth-order valence-electron chi connectivity index (χ4n) is 2.00. The first-order valence-electron chi connectivity index (χ1n) is 6.32. The molecule has 5 heteroatoms. The molecule has 0 aromatic heterocycles. The first kappa shape index (κ1) is 16.0. The number of rotatable bonds is 6. The van der Waals surface area contributed by atoms with Crippen molar-refractivity contribution in [2.45, 2.75) is 51.1 Å². The molecule has 0 amide bonds. The van der Waals surface area contributed by atoms with Gasteiger partial charge in [0.1, 0.15) is 0 Å². The van der Waals surface area contributed by atoms with Crippen molar-refractivity contribution in [3.05, 3.63) is 35.9 Å². The normalized spacial score (nSPS) is 16.9. The molecule has 0 fully saturated rings. The summed E-state index contributed by atoms with van der Waals surface area (Å²) in [6.07, 6.45) is -5.36. The summed E-state index contributed by atoms with van der Waals surface area (Å²) in [5, 5.41) is 12.8. The van der Waals surface area contributed by atoms with Crippen LogP contribution in [0.3, 0.4) is 0 Å². The lowest BCUT2D eigenvalue weighted by atomic mass is 10.0. The molecule has 2 N–H and O–H groups in total. The molecule has 0 saturated carbocycles. The fraction of sp³-hybridized carbons (Fsp3) is 0.571. The molecule has 2 nitrogen and oxygen atoms in total. The average molecular weight is 275 g/mol. The molecule has 1 aromatic rings. The molecule has 0 aliphatic rings. The summed E-state index contributed by atoms with van der Waals surface area (Å²) in [4.78, 5) is 0. The third-order valence-electron chi connectivity index (χ3n) is 2.95. The van der Waals surface area contributed by atoms with Crippen molar-refractivity contribution in [2.75, 3.05) is 0 Å². The van der Waals surface area contributed by atoms with Crippen LogP contribution in [0.5, 0.6) is 0 Å². The average Bonchev–Trinajstić information content (AvgIpc) is 2.27. The summed E-state index contributed by atoms with van der Waals surface area (Å²) in [5.41, 5.74) is 0.965. The zero-order chi connectivity index (χ0) is 14.5. The maximum atomic E-state index is 12.2. The minimum atomic E-state index is -4.18. The molecule has 0 aliphatic heterocycles. The Morgan fingerprint density at radius 2 is 1.74 bits per heavy atom. The van der Waals surface area contributed by atoms with Crippen LogP contribution >= 0.6 is 0 Å². The molecule has 0 spiro atoms. The summed E-state index contributed by atoms with van der Waals surface area (Å²) < 4.78 is 36.6. The summed E-state index contributed by atoms with van der Waals surface area (Å²) in [6, 6.07) is 8.28. The molecule has 108 valence electrons. The number of halogens is 3. The van der Waals surface area contributed by atoms with Gasteiger partial charge in [-0.3, -0.25) is 0 Å². The van der Waals surface area contributed by atoms with Crippen molar-refractivity contribution in [1.29, 1.82) is 0 Å². The maximum absolute atomic E-state index is 12.2. The molecule has 19 heavy (non-hydrogen) atoms. The summed E-state index contributed by atoms with van der Waals surface area (Å²) in [7, 11) is 0. The quantitative estimate of drug-likeness (QED) is 0.836. The van der Waals surface area contributed by atoms with Gasteiger partial charge in [0.25, 0.3) is 0 Å². The van der Waals surface area contributed by atoms with E-state index in [1.54, 1.807) is 6.92 Å². The summed E-state index contributed by atoms with van der Waals surface area (Å²) in [6.45, 7) is 3.17. The van der Waals surface area contributed by atoms with Gasteiger partial charge in [-0.15, -0.1) is 0 Å². The lowest BCUT2D eigenvalue weighted by Crippen LogP contribution is -2.44. The number of hydrogen-bond donors (Lipinski definition) is 2. The highest BCUT2D eigenvalue weighted by Gasteiger charge is 2.31. The molecule has 0 radical (unpaired) electrons.